The summed E-state index contributed by atoms with van der Waals surface area (Å²) in [5.74, 6) is 2.39. The summed E-state index contributed by atoms with van der Waals surface area (Å²) in [5.41, 5.74) is 2.21. The molecule has 0 bridgehead atoms. The van der Waals surface area contributed by atoms with Gasteiger partial charge in [-0.2, -0.15) is 0 Å². The zero-order chi connectivity index (χ0) is 14.7. The van der Waals surface area contributed by atoms with Crippen LogP contribution in [0.15, 0.2) is 42.5 Å². The quantitative estimate of drug-likeness (QED) is 0.918. The molecule has 110 valence electrons. The van der Waals surface area contributed by atoms with Crippen molar-refractivity contribution >= 4 is 0 Å². The molecule has 0 aromatic heterocycles. The van der Waals surface area contributed by atoms with Crippen LogP contribution >= 0.6 is 0 Å². The number of aliphatic hydroxyl groups excluding tert-OH is 1. The lowest BCUT2D eigenvalue weighted by atomic mass is 9.92. The zero-order valence-electron chi connectivity index (χ0n) is 11.9. The van der Waals surface area contributed by atoms with E-state index in [9.17, 15) is 5.11 Å². The van der Waals surface area contributed by atoms with E-state index in [1.165, 1.54) is 0 Å². The average Bonchev–Trinajstić information content (AvgIpc) is 3.00. The Morgan fingerprint density at radius 1 is 1.10 bits per heavy atom. The first kappa shape index (κ1) is 13.8. The van der Waals surface area contributed by atoms with Gasteiger partial charge in [0.25, 0.3) is 0 Å². The Morgan fingerprint density at radius 3 is 2.57 bits per heavy atom. The number of hydrogen-bond acceptors (Lipinski definition) is 4. The Balaban J connectivity index is 1.78. The number of benzene rings is 2. The molecule has 3 rings (SSSR count). The van der Waals surface area contributed by atoms with Crippen LogP contribution in [-0.2, 0) is 6.42 Å². The van der Waals surface area contributed by atoms with Gasteiger partial charge in [0.05, 0.1) is 13.7 Å². The van der Waals surface area contributed by atoms with Crippen LogP contribution in [0.2, 0.25) is 0 Å². The van der Waals surface area contributed by atoms with Crippen LogP contribution in [0.5, 0.6) is 17.2 Å². The van der Waals surface area contributed by atoms with Gasteiger partial charge in [-0.15, -0.1) is 0 Å². The summed E-state index contributed by atoms with van der Waals surface area (Å²) >= 11 is 0. The molecular weight excluding hydrogens is 268 g/mol. The number of fused-ring (bicyclic) bond motifs is 1. The molecule has 0 aliphatic carbocycles. The van der Waals surface area contributed by atoms with Crippen LogP contribution in [0.1, 0.15) is 17.0 Å². The van der Waals surface area contributed by atoms with E-state index in [1.807, 2.05) is 42.5 Å². The molecular formula is C17H18O4. The molecule has 0 amide bonds. The minimum absolute atomic E-state index is 0.0351. The van der Waals surface area contributed by atoms with Crippen LogP contribution in [-0.4, -0.2) is 25.6 Å². The van der Waals surface area contributed by atoms with E-state index >= 15 is 0 Å². The predicted octanol–water partition coefficient (Wildman–Crippen LogP) is 2.74. The molecule has 0 fully saturated rings. The average molecular weight is 286 g/mol. The van der Waals surface area contributed by atoms with Gasteiger partial charge in [-0.3, -0.25) is 0 Å². The molecule has 21 heavy (non-hydrogen) atoms. The van der Waals surface area contributed by atoms with Gasteiger partial charge in [0.1, 0.15) is 5.75 Å². The maximum atomic E-state index is 9.69. The molecule has 1 N–H and O–H groups in total. The molecule has 0 radical (unpaired) electrons. The normalized spacial score (nSPS) is 14.0. The number of methoxy groups -OCH3 is 1. The first-order chi connectivity index (χ1) is 10.3. The molecule has 4 nitrogen and oxygen atoms in total. The van der Waals surface area contributed by atoms with E-state index in [-0.39, 0.29) is 19.3 Å². The summed E-state index contributed by atoms with van der Waals surface area (Å²) in [6.07, 6.45) is 0.764. The van der Waals surface area contributed by atoms with Crippen molar-refractivity contribution in [1.29, 1.82) is 0 Å². The van der Waals surface area contributed by atoms with Gasteiger partial charge >= 0.3 is 0 Å². The fourth-order valence-corrected chi connectivity index (χ4v) is 2.50. The monoisotopic (exact) mass is 286 g/mol. The standard InChI is InChI=1S/C17H18O4/c1-19-15-5-2-12(3-6-15)8-14(10-18)13-4-7-16-17(9-13)21-11-20-16/h2-7,9,14,18H,8,10-11H2,1H3. The van der Waals surface area contributed by atoms with Gasteiger partial charge in [0.2, 0.25) is 6.79 Å². The number of rotatable bonds is 5. The number of aliphatic hydroxyl groups is 1. The first-order valence-electron chi connectivity index (χ1n) is 6.93. The lowest BCUT2D eigenvalue weighted by Crippen LogP contribution is -2.07. The van der Waals surface area contributed by atoms with E-state index in [4.69, 9.17) is 14.2 Å². The summed E-state index contributed by atoms with van der Waals surface area (Å²) in [6, 6.07) is 13.7. The molecule has 1 aliphatic heterocycles. The topological polar surface area (TPSA) is 47.9 Å². The molecule has 1 atom stereocenters. The van der Waals surface area contributed by atoms with Gasteiger partial charge in [-0.25, -0.2) is 0 Å². The largest absolute Gasteiger partial charge is 0.497 e. The Kier molecular flexibility index (Phi) is 3.97. The van der Waals surface area contributed by atoms with Gasteiger partial charge in [0, 0.05) is 5.92 Å². The van der Waals surface area contributed by atoms with Crippen molar-refractivity contribution in [1.82, 2.24) is 0 Å². The highest BCUT2D eigenvalue weighted by molar-refractivity contribution is 5.45. The van der Waals surface area contributed by atoms with E-state index in [2.05, 4.69) is 0 Å². The second-order valence-corrected chi connectivity index (χ2v) is 5.04. The molecule has 0 saturated heterocycles. The summed E-state index contributed by atoms with van der Waals surface area (Å²) in [6.45, 7) is 0.354. The Morgan fingerprint density at radius 2 is 1.86 bits per heavy atom. The lowest BCUT2D eigenvalue weighted by Gasteiger charge is -2.15. The van der Waals surface area contributed by atoms with E-state index in [0.717, 1.165) is 34.8 Å². The fourth-order valence-electron chi connectivity index (χ4n) is 2.50. The van der Waals surface area contributed by atoms with Crippen LogP contribution in [0, 0.1) is 0 Å². The third-order valence-corrected chi connectivity index (χ3v) is 3.73. The molecule has 2 aromatic rings. The maximum Gasteiger partial charge on any atom is 0.231 e. The first-order valence-corrected chi connectivity index (χ1v) is 6.93. The van der Waals surface area contributed by atoms with Crippen molar-refractivity contribution in [2.75, 3.05) is 20.5 Å². The Hall–Kier alpha value is -2.20. The highest BCUT2D eigenvalue weighted by Crippen LogP contribution is 2.35. The SMILES string of the molecule is COc1ccc(CC(CO)c2ccc3c(c2)OCO3)cc1. The molecule has 1 unspecified atom stereocenters. The molecule has 4 heteroatoms. The zero-order valence-corrected chi connectivity index (χ0v) is 11.9. The fraction of sp³-hybridized carbons (Fsp3) is 0.294. The maximum absolute atomic E-state index is 9.69. The smallest absolute Gasteiger partial charge is 0.231 e. The minimum atomic E-state index is 0.0351. The summed E-state index contributed by atoms with van der Waals surface area (Å²) in [7, 11) is 1.65. The predicted molar refractivity (Wildman–Crippen MR) is 79.1 cm³/mol. The summed E-state index contributed by atoms with van der Waals surface area (Å²) in [5, 5.41) is 9.69. The van der Waals surface area contributed by atoms with Crippen molar-refractivity contribution in [2.24, 2.45) is 0 Å². The Labute approximate surface area is 123 Å². The third kappa shape index (κ3) is 2.95. The van der Waals surface area contributed by atoms with Crippen LogP contribution < -0.4 is 14.2 Å². The van der Waals surface area contributed by atoms with Crippen LogP contribution in [0.3, 0.4) is 0 Å². The van der Waals surface area contributed by atoms with Gasteiger partial charge in [-0.1, -0.05) is 18.2 Å². The summed E-state index contributed by atoms with van der Waals surface area (Å²) < 4.78 is 15.9. The summed E-state index contributed by atoms with van der Waals surface area (Å²) in [4.78, 5) is 0. The van der Waals surface area contributed by atoms with Crippen molar-refractivity contribution in [3.63, 3.8) is 0 Å². The highest BCUT2D eigenvalue weighted by Gasteiger charge is 2.18. The number of ether oxygens (including phenoxy) is 3. The highest BCUT2D eigenvalue weighted by atomic mass is 16.7. The van der Waals surface area contributed by atoms with Gasteiger partial charge in [-0.05, 0) is 41.8 Å². The van der Waals surface area contributed by atoms with Crippen molar-refractivity contribution in [3.8, 4) is 17.2 Å². The van der Waals surface area contributed by atoms with E-state index < -0.39 is 0 Å². The minimum Gasteiger partial charge on any atom is -0.497 e. The van der Waals surface area contributed by atoms with E-state index in [1.54, 1.807) is 7.11 Å². The van der Waals surface area contributed by atoms with Crippen LogP contribution in [0.4, 0.5) is 0 Å². The second-order valence-electron chi connectivity index (χ2n) is 5.04. The van der Waals surface area contributed by atoms with Crippen LogP contribution in [0.25, 0.3) is 0 Å². The molecule has 1 aliphatic rings. The second kappa shape index (κ2) is 6.06. The molecule has 2 aromatic carbocycles. The molecule has 0 saturated carbocycles. The third-order valence-electron chi connectivity index (χ3n) is 3.73. The van der Waals surface area contributed by atoms with Gasteiger partial charge in [0.15, 0.2) is 11.5 Å². The van der Waals surface area contributed by atoms with E-state index in [0.29, 0.717) is 0 Å². The van der Waals surface area contributed by atoms with Crippen molar-refractivity contribution < 1.29 is 19.3 Å². The lowest BCUT2D eigenvalue weighted by molar-refractivity contribution is 0.174. The molecule has 0 spiro atoms. The Bertz CT molecular complexity index is 607. The van der Waals surface area contributed by atoms with Crippen molar-refractivity contribution in [3.05, 3.63) is 53.6 Å². The molecule has 1 heterocycles. The van der Waals surface area contributed by atoms with Gasteiger partial charge < -0.3 is 19.3 Å². The number of hydrogen-bond donors (Lipinski definition) is 1. The van der Waals surface area contributed by atoms with Crippen molar-refractivity contribution in [2.45, 2.75) is 12.3 Å².